The van der Waals surface area contributed by atoms with Crippen molar-refractivity contribution in [2.75, 3.05) is 26.2 Å². The molecule has 0 aliphatic heterocycles. The maximum absolute atomic E-state index is 10.1. The van der Waals surface area contributed by atoms with Gasteiger partial charge in [-0.25, -0.2) is 0 Å². The molecule has 112 valence electrons. The molecule has 0 spiro atoms. The van der Waals surface area contributed by atoms with Gasteiger partial charge < -0.3 is 20.5 Å². The normalized spacial score (nSPS) is 16.4. The van der Waals surface area contributed by atoms with Gasteiger partial charge in [0.05, 0.1) is 0 Å². The molecule has 0 bridgehead atoms. The quantitative estimate of drug-likeness (QED) is 0.720. The van der Waals surface area contributed by atoms with Crippen LogP contribution >= 0.6 is 0 Å². The summed E-state index contributed by atoms with van der Waals surface area (Å²) in [6.45, 7) is 5.75. The SMILES string of the molecule is CCN(CC(O)COc1cccc(CN)c1)CC1CC1. The molecule has 0 saturated heterocycles. The van der Waals surface area contributed by atoms with Gasteiger partial charge in [-0.05, 0) is 43.0 Å². The van der Waals surface area contributed by atoms with Crippen molar-refractivity contribution in [3.8, 4) is 5.75 Å². The number of ether oxygens (including phenoxy) is 1. The van der Waals surface area contributed by atoms with Gasteiger partial charge in [0.2, 0.25) is 0 Å². The molecule has 0 aromatic heterocycles. The van der Waals surface area contributed by atoms with E-state index in [4.69, 9.17) is 10.5 Å². The average molecular weight is 278 g/mol. The van der Waals surface area contributed by atoms with Crippen molar-refractivity contribution in [1.29, 1.82) is 0 Å². The van der Waals surface area contributed by atoms with Crippen LogP contribution < -0.4 is 10.5 Å². The molecule has 1 aliphatic carbocycles. The lowest BCUT2D eigenvalue weighted by Crippen LogP contribution is -2.36. The third-order valence-corrected chi connectivity index (χ3v) is 3.71. The fourth-order valence-electron chi connectivity index (χ4n) is 2.30. The Morgan fingerprint density at radius 3 is 2.90 bits per heavy atom. The Morgan fingerprint density at radius 1 is 1.45 bits per heavy atom. The zero-order valence-electron chi connectivity index (χ0n) is 12.3. The minimum atomic E-state index is -0.449. The highest BCUT2D eigenvalue weighted by Crippen LogP contribution is 2.29. The van der Waals surface area contributed by atoms with Crippen molar-refractivity contribution in [1.82, 2.24) is 4.90 Å². The zero-order chi connectivity index (χ0) is 14.4. The summed E-state index contributed by atoms with van der Waals surface area (Å²) in [6.07, 6.45) is 2.24. The van der Waals surface area contributed by atoms with Crippen molar-refractivity contribution in [3.63, 3.8) is 0 Å². The van der Waals surface area contributed by atoms with Crippen LogP contribution in [0, 0.1) is 5.92 Å². The van der Waals surface area contributed by atoms with Crippen LogP contribution in [0.3, 0.4) is 0 Å². The van der Waals surface area contributed by atoms with Gasteiger partial charge in [0.15, 0.2) is 0 Å². The van der Waals surface area contributed by atoms with Crippen LogP contribution in [0.2, 0.25) is 0 Å². The average Bonchev–Trinajstić information content (AvgIpc) is 3.28. The fourth-order valence-corrected chi connectivity index (χ4v) is 2.30. The Morgan fingerprint density at radius 2 is 2.25 bits per heavy atom. The van der Waals surface area contributed by atoms with E-state index in [9.17, 15) is 5.11 Å². The number of aliphatic hydroxyl groups excluding tert-OH is 1. The van der Waals surface area contributed by atoms with Crippen LogP contribution in [0.4, 0.5) is 0 Å². The summed E-state index contributed by atoms with van der Waals surface area (Å²) in [7, 11) is 0. The molecule has 1 aliphatic rings. The standard InChI is InChI=1S/C16H26N2O2/c1-2-18(10-13-6-7-13)11-15(19)12-20-16-5-3-4-14(8-16)9-17/h3-5,8,13,15,19H,2,6-7,9-12,17H2,1H3. The van der Waals surface area contributed by atoms with Gasteiger partial charge in [-0.2, -0.15) is 0 Å². The Balaban J connectivity index is 1.73. The smallest absolute Gasteiger partial charge is 0.119 e. The fraction of sp³-hybridized carbons (Fsp3) is 0.625. The molecule has 1 unspecified atom stereocenters. The first-order valence-corrected chi connectivity index (χ1v) is 7.53. The summed E-state index contributed by atoms with van der Waals surface area (Å²) >= 11 is 0. The van der Waals surface area contributed by atoms with Gasteiger partial charge in [0, 0.05) is 19.6 Å². The Kier molecular flexibility index (Phi) is 5.83. The van der Waals surface area contributed by atoms with Gasteiger partial charge >= 0.3 is 0 Å². The predicted molar refractivity (Wildman–Crippen MR) is 80.7 cm³/mol. The van der Waals surface area contributed by atoms with Crippen LogP contribution in [-0.4, -0.2) is 42.4 Å². The first kappa shape index (κ1) is 15.3. The second-order valence-corrected chi connectivity index (χ2v) is 5.61. The molecule has 0 amide bonds. The minimum Gasteiger partial charge on any atom is -0.491 e. The van der Waals surface area contributed by atoms with Gasteiger partial charge in [-0.15, -0.1) is 0 Å². The van der Waals surface area contributed by atoms with Gasteiger partial charge in [0.1, 0.15) is 18.5 Å². The number of hydrogen-bond donors (Lipinski definition) is 2. The summed E-state index contributed by atoms with van der Waals surface area (Å²) < 4.78 is 5.64. The van der Waals surface area contributed by atoms with Crippen molar-refractivity contribution < 1.29 is 9.84 Å². The number of aliphatic hydroxyl groups is 1. The molecule has 4 heteroatoms. The lowest BCUT2D eigenvalue weighted by atomic mass is 10.2. The summed E-state index contributed by atoms with van der Waals surface area (Å²) in [5.41, 5.74) is 6.64. The van der Waals surface area contributed by atoms with E-state index >= 15 is 0 Å². The molecule has 20 heavy (non-hydrogen) atoms. The summed E-state index contributed by atoms with van der Waals surface area (Å²) in [4.78, 5) is 2.31. The predicted octanol–water partition coefficient (Wildman–Crippen LogP) is 1.62. The van der Waals surface area contributed by atoms with Crippen LogP contribution in [0.5, 0.6) is 5.75 Å². The number of rotatable bonds is 9. The molecule has 4 nitrogen and oxygen atoms in total. The lowest BCUT2D eigenvalue weighted by Gasteiger charge is -2.23. The van der Waals surface area contributed by atoms with Crippen molar-refractivity contribution in [3.05, 3.63) is 29.8 Å². The number of nitrogens with two attached hydrogens (primary N) is 1. The van der Waals surface area contributed by atoms with E-state index in [1.807, 2.05) is 24.3 Å². The molecule has 2 rings (SSSR count). The molecule has 1 aromatic carbocycles. The second-order valence-electron chi connectivity index (χ2n) is 5.61. The monoisotopic (exact) mass is 278 g/mol. The lowest BCUT2D eigenvalue weighted by molar-refractivity contribution is 0.0684. The van der Waals surface area contributed by atoms with E-state index < -0.39 is 6.10 Å². The van der Waals surface area contributed by atoms with Crippen LogP contribution in [0.1, 0.15) is 25.3 Å². The minimum absolute atomic E-state index is 0.329. The van der Waals surface area contributed by atoms with Crippen molar-refractivity contribution in [2.24, 2.45) is 11.7 Å². The molecule has 1 atom stereocenters. The number of likely N-dealkylation sites (N-methyl/N-ethyl adjacent to an activating group) is 1. The molecule has 1 saturated carbocycles. The molecule has 3 N–H and O–H groups in total. The molecular weight excluding hydrogens is 252 g/mol. The number of benzene rings is 1. The Bertz CT molecular complexity index is 407. The number of hydrogen-bond acceptors (Lipinski definition) is 4. The first-order chi connectivity index (χ1) is 9.71. The van der Waals surface area contributed by atoms with Crippen molar-refractivity contribution >= 4 is 0 Å². The van der Waals surface area contributed by atoms with E-state index in [0.717, 1.165) is 30.3 Å². The summed E-state index contributed by atoms with van der Waals surface area (Å²) in [5, 5.41) is 10.1. The molecule has 1 fully saturated rings. The van der Waals surface area contributed by atoms with Gasteiger partial charge in [-0.3, -0.25) is 0 Å². The van der Waals surface area contributed by atoms with E-state index in [1.54, 1.807) is 0 Å². The number of nitrogens with zero attached hydrogens (tertiary/aromatic N) is 1. The topological polar surface area (TPSA) is 58.7 Å². The summed E-state index contributed by atoms with van der Waals surface area (Å²) in [6, 6.07) is 7.72. The van der Waals surface area contributed by atoms with Gasteiger partial charge in [0.25, 0.3) is 0 Å². The van der Waals surface area contributed by atoms with E-state index in [0.29, 0.717) is 19.7 Å². The van der Waals surface area contributed by atoms with Crippen molar-refractivity contribution in [2.45, 2.75) is 32.4 Å². The highest BCUT2D eigenvalue weighted by molar-refractivity contribution is 5.28. The third-order valence-electron chi connectivity index (χ3n) is 3.71. The van der Waals surface area contributed by atoms with E-state index in [-0.39, 0.29) is 0 Å². The molecular formula is C16H26N2O2. The second kappa shape index (κ2) is 7.62. The van der Waals surface area contributed by atoms with Crippen LogP contribution in [0.15, 0.2) is 24.3 Å². The summed E-state index contributed by atoms with van der Waals surface area (Å²) in [5.74, 6) is 1.63. The zero-order valence-corrected chi connectivity index (χ0v) is 12.3. The van der Waals surface area contributed by atoms with Crippen LogP contribution in [-0.2, 0) is 6.54 Å². The van der Waals surface area contributed by atoms with Gasteiger partial charge in [-0.1, -0.05) is 19.1 Å². The van der Waals surface area contributed by atoms with E-state index in [1.165, 1.54) is 12.8 Å². The molecule has 1 aromatic rings. The highest BCUT2D eigenvalue weighted by atomic mass is 16.5. The Labute approximate surface area is 121 Å². The van der Waals surface area contributed by atoms with Crippen LogP contribution in [0.25, 0.3) is 0 Å². The van der Waals surface area contributed by atoms with E-state index in [2.05, 4.69) is 11.8 Å². The largest absolute Gasteiger partial charge is 0.491 e. The first-order valence-electron chi connectivity index (χ1n) is 7.53. The Hall–Kier alpha value is -1.10. The highest BCUT2D eigenvalue weighted by Gasteiger charge is 2.24. The third kappa shape index (κ3) is 5.12. The molecule has 0 radical (unpaired) electrons. The maximum Gasteiger partial charge on any atom is 0.119 e. The molecule has 0 heterocycles. The maximum atomic E-state index is 10.1.